The maximum Gasteiger partial charge on any atom is 0.341 e. The maximum atomic E-state index is 14.9. The Labute approximate surface area is 156 Å². The van der Waals surface area contributed by atoms with Crippen LogP contribution >= 0.6 is 0 Å². The van der Waals surface area contributed by atoms with Gasteiger partial charge in [0.15, 0.2) is 11.6 Å². The number of pyridine rings is 2. The Kier molecular flexibility index (Phi) is 4.71. The number of aromatic carboxylic acids is 1. The third kappa shape index (κ3) is 3.53. The molecule has 146 valence electrons. The lowest BCUT2D eigenvalue weighted by atomic mass is 10.1. The number of aromatic nitrogens is 2. The molecular weight excluding hydrogens is 351 g/mol. The second-order valence-electron chi connectivity index (χ2n) is 8.26. The quantitative estimate of drug-likeness (QED) is 0.835. The van der Waals surface area contributed by atoms with Crippen LogP contribution in [0, 0.1) is 5.82 Å². The van der Waals surface area contributed by atoms with Crippen LogP contribution in [0.4, 0.5) is 10.2 Å². The Morgan fingerprint density at radius 2 is 1.89 bits per heavy atom. The number of hydrogen-bond donors (Lipinski definition) is 2. The van der Waals surface area contributed by atoms with Gasteiger partial charge < -0.3 is 19.9 Å². The van der Waals surface area contributed by atoms with Gasteiger partial charge in [0.05, 0.1) is 5.39 Å². The summed E-state index contributed by atoms with van der Waals surface area (Å²) >= 11 is 0. The van der Waals surface area contributed by atoms with Crippen molar-refractivity contribution in [2.24, 2.45) is 0 Å². The van der Waals surface area contributed by atoms with Crippen molar-refractivity contribution < 1.29 is 14.3 Å². The highest BCUT2D eigenvalue weighted by atomic mass is 19.1. The van der Waals surface area contributed by atoms with Crippen molar-refractivity contribution in [3.05, 3.63) is 33.9 Å². The van der Waals surface area contributed by atoms with Crippen molar-refractivity contribution in [1.82, 2.24) is 14.9 Å². The number of piperazine rings is 1. The molecule has 0 unspecified atom stereocenters. The predicted molar refractivity (Wildman–Crippen MR) is 102 cm³/mol. The van der Waals surface area contributed by atoms with E-state index in [2.05, 4.69) is 10.3 Å². The van der Waals surface area contributed by atoms with Crippen LogP contribution < -0.4 is 15.6 Å². The molecule has 0 aromatic carbocycles. The van der Waals surface area contributed by atoms with Gasteiger partial charge in [-0.05, 0) is 40.7 Å². The summed E-state index contributed by atoms with van der Waals surface area (Å²) in [5.74, 6) is -1.78. The molecule has 2 atom stereocenters. The van der Waals surface area contributed by atoms with Crippen molar-refractivity contribution in [3.63, 3.8) is 0 Å². The Morgan fingerprint density at radius 3 is 2.41 bits per heavy atom. The van der Waals surface area contributed by atoms with Crippen molar-refractivity contribution in [2.45, 2.75) is 52.2 Å². The molecule has 8 heteroatoms. The summed E-state index contributed by atoms with van der Waals surface area (Å²) in [5, 5.41) is 12.7. The van der Waals surface area contributed by atoms with Crippen molar-refractivity contribution in [3.8, 4) is 0 Å². The van der Waals surface area contributed by atoms with E-state index in [4.69, 9.17) is 0 Å². The van der Waals surface area contributed by atoms with Crippen molar-refractivity contribution in [2.75, 3.05) is 18.0 Å². The first-order chi connectivity index (χ1) is 12.5. The number of anilines is 1. The summed E-state index contributed by atoms with van der Waals surface area (Å²) in [6, 6.07) is 1.46. The van der Waals surface area contributed by atoms with Gasteiger partial charge in [-0.1, -0.05) is 0 Å². The molecule has 1 saturated heterocycles. The molecule has 1 aliphatic heterocycles. The van der Waals surface area contributed by atoms with E-state index in [1.165, 1.54) is 6.20 Å². The Balaban J connectivity index is 2.29. The zero-order chi connectivity index (χ0) is 20.1. The highest BCUT2D eigenvalue weighted by Gasteiger charge is 2.27. The molecule has 0 saturated carbocycles. The smallest absolute Gasteiger partial charge is 0.341 e. The number of rotatable bonds is 2. The molecule has 0 spiro atoms. The number of carboxylic acid groups (broad SMARTS) is 1. The highest BCUT2D eigenvalue weighted by Crippen LogP contribution is 2.26. The first kappa shape index (κ1) is 19.3. The van der Waals surface area contributed by atoms with Crippen LogP contribution in [0.15, 0.2) is 17.1 Å². The second kappa shape index (κ2) is 6.60. The maximum absolute atomic E-state index is 14.9. The van der Waals surface area contributed by atoms with Gasteiger partial charge in [0.25, 0.3) is 0 Å². The minimum Gasteiger partial charge on any atom is -0.477 e. The lowest BCUT2D eigenvalue weighted by molar-refractivity contribution is 0.0694. The van der Waals surface area contributed by atoms with Gasteiger partial charge in [0, 0.05) is 36.9 Å². The van der Waals surface area contributed by atoms with Crippen LogP contribution in [-0.4, -0.2) is 45.8 Å². The zero-order valence-corrected chi connectivity index (χ0v) is 16.2. The summed E-state index contributed by atoms with van der Waals surface area (Å²) < 4.78 is 16.5. The minimum atomic E-state index is -1.34. The van der Waals surface area contributed by atoms with Gasteiger partial charge in [-0.3, -0.25) is 4.79 Å². The van der Waals surface area contributed by atoms with E-state index in [0.29, 0.717) is 13.1 Å². The molecule has 1 aliphatic rings. The first-order valence-electron chi connectivity index (χ1n) is 8.99. The van der Waals surface area contributed by atoms with E-state index in [1.54, 1.807) is 4.57 Å². The molecule has 7 nitrogen and oxygen atoms in total. The van der Waals surface area contributed by atoms with Gasteiger partial charge in [-0.25, -0.2) is 14.2 Å². The second-order valence-corrected chi connectivity index (χ2v) is 8.26. The summed E-state index contributed by atoms with van der Waals surface area (Å²) in [5.41, 5.74) is -1.37. The Morgan fingerprint density at radius 1 is 1.30 bits per heavy atom. The number of carbonyl (C=O) groups is 1. The lowest BCUT2D eigenvalue weighted by Crippen LogP contribution is -2.54. The van der Waals surface area contributed by atoms with Gasteiger partial charge in [0.2, 0.25) is 5.43 Å². The SMILES string of the molecule is C[C@@H]1CN(c2nc3c(cc2F)c(=O)c(C(=O)O)cn3C(C)(C)C)C[C@H](C)N1. The van der Waals surface area contributed by atoms with E-state index in [1.807, 2.05) is 39.5 Å². The minimum absolute atomic E-state index is 0.0256. The number of nitrogens with zero attached hydrogens (tertiary/aromatic N) is 3. The molecule has 3 rings (SSSR count). The average molecular weight is 376 g/mol. The van der Waals surface area contributed by atoms with Gasteiger partial charge in [0.1, 0.15) is 11.2 Å². The van der Waals surface area contributed by atoms with E-state index in [9.17, 15) is 19.1 Å². The standard InChI is InChI=1S/C19H25FN4O3/c1-10-7-23(8-11(2)21-10)17-14(20)6-12-15(25)13(18(26)27)9-24(16(12)22-17)19(3,4)5/h6,9-11,21H,7-8H2,1-5H3,(H,26,27)/t10-,11+. The molecule has 0 radical (unpaired) electrons. The fourth-order valence-electron chi connectivity index (χ4n) is 3.60. The summed E-state index contributed by atoms with van der Waals surface area (Å²) in [7, 11) is 0. The fraction of sp³-hybridized carbons (Fsp3) is 0.526. The summed E-state index contributed by atoms with van der Waals surface area (Å²) in [6.45, 7) is 10.9. The van der Waals surface area contributed by atoms with Crippen molar-refractivity contribution >= 4 is 22.8 Å². The van der Waals surface area contributed by atoms with Gasteiger partial charge in [-0.15, -0.1) is 0 Å². The van der Waals surface area contributed by atoms with E-state index in [-0.39, 0.29) is 28.9 Å². The molecule has 2 aromatic rings. The largest absolute Gasteiger partial charge is 0.477 e. The first-order valence-corrected chi connectivity index (χ1v) is 8.99. The van der Waals surface area contributed by atoms with Crippen LogP contribution in [0.5, 0.6) is 0 Å². The molecule has 0 bridgehead atoms. The zero-order valence-electron chi connectivity index (χ0n) is 16.2. The molecule has 3 heterocycles. The highest BCUT2D eigenvalue weighted by molar-refractivity contribution is 5.92. The van der Waals surface area contributed by atoms with E-state index in [0.717, 1.165) is 6.07 Å². The van der Waals surface area contributed by atoms with E-state index < -0.39 is 28.3 Å². The number of fused-ring (bicyclic) bond motifs is 1. The number of nitrogens with one attached hydrogen (secondary N) is 1. The molecule has 0 amide bonds. The number of carboxylic acids is 1. The Hall–Kier alpha value is -2.48. The average Bonchev–Trinajstić information content (AvgIpc) is 2.52. The molecular formula is C19H25FN4O3. The summed E-state index contributed by atoms with van der Waals surface area (Å²) in [6.07, 6.45) is 1.30. The lowest BCUT2D eigenvalue weighted by Gasteiger charge is -2.37. The summed E-state index contributed by atoms with van der Waals surface area (Å²) in [4.78, 5) is 30.4. The number of halogens is 1. The molecule has 2 N–H and O–H groups in total. The third-order valence-corrected chi connectivity index (χ3v) is 4.72. The predicted octanol–water partition coefficient (Wildman–Crippen LogP) is 2.18. The topological polar surface area (TPSA) is 87.5 Å². The van der Waals surface area contributed by atoms with Gasteiger partial charge in [-0.2, -0.15) is 0 Å². The van der Waals surface area contributed by atoms with Gasteiger partial charge >= 0.3 is 5.97 Å². The number of hydrogen-bond acceptors (Lipinski definition) is 5. The van der Waals surface area contributed by atoms with Crippen LogP contribution in [0.1, 0.15) is 45.0 Å². The molecule has 1 fully saturated rings. The fourth-order valence-corrected chi connectivity index (χ4v) is 3.60. The van der Waals surface area contributed by atoms with Crippen molar-refractivity contribution in [1.29, 1.82) is 0 Å². The van der Waals surface area contributed by atoms with Crippen LogP contribution in [0.3, 0.4) is 0 Å². The molecule has 2 aromatic heterocycles. The van der Waals surface area contributed by atoms with E-state index >= 15 is 0 Å². The normalized spacial score (nSPS) is 20.9. The monoisotopic (exact) mass is 376 g/mol. The third-order valence-electron chi connectivity index (χ3n) is 4.72. The van der Waals surface area contributed by atoms with Crippen LogP contribution in [-0.2, 0) is 5.54 Å². The molecule has 0 aliphatic carbocycles. The Bertz CT molecular complexity index is 954. The van der Waals surface area contributed by atoms with Crippen LogP contribution in [0.2, 0.25) is 0 Å². The van der Waals surface area contributed by atoms with Crippen LogP contribution in [0.25, 0.3) is 11.0 Å². The molecule has 27 heavy (non-hydrogen) atoms.